The third-order valence-corrected chi connectivity index (χ3v) is 3.38. The lowest BCUT2D eigenvalue weighted by atomic mass is 10.2. The van der Waals surface area contributed by atoms with Gasteiger partial charge in [0.1, 0.15) is 12.4 Å². The Morgan fingerprint density at radius 1 is 1.23 bits per heavy atom. The second-order valence-corrected chi connectivity index (χ2v) is 5.34. The molecule has 1 saturated carbocycles. The number of methoxy groups -OCH3 is 1. The summed E-state index contributed by atoms with van der Waals surface area (Å²) in [6.45, 7) is 3.02. The fourth-order valence-electron chi connectivity index (χ4n) is 1.92. The van der Waals surface area contributed by atoms with Gasteiger partial charge in [-0.25, -0.2) is 0 Å². The number of benzene rings is 1. The molecule has 0 bridgehead atoms. The van der Waals surface area contributed by atoms with Crippen LogP contribution in [0, 0.1) is 5.92 Å². The van der Waals surface area contributed by atoms with Gasteiger partial charge in [0.15, 0.2) is 0 Å². The third kappa shape index (κ3) is 7.64. The summed E-state index contributed by atoms with van der Waals surface area (Å²) in [5, 5.41) is 6.08. The highest BCUT2D eigenvalue weighted by Crippen LogP contribution is 2.27. The maximum atomic E-state index is 11.6. The molecule has 0 unspecified atom stereocenters. The Labute approximate surface area is 138 Å². The lowest BCUT2D eigenvalue weighted by Gasteiger charge is -2.08. The minimum atomic E-state index is 0. The zero-order chi connectivity index (χ0) is 14.9. The van der Waals surface area contributed by atoms with Crippen molar-refractivity contribution < 1.29 is 14.3 Å². The van der Waals surface area contributed by atoms with E-state index in [9.17, 15) is 4.79 Å². The molecule has 0 atom stereocenters. The van der Waals surface area contributed by atoms with Crippen LogP contribution in [-0.4, -0.2) is 39.3 Å². The zero-order valence-corrected chi connectivity index (χ0v) is 13.8. The van der Waals surface area contributed by atoms with E-state index >= 15 is 0 Å². The van der Waals surface area contributed by atoms with Crippen molar-refractivity contribution in [2.24, 2.45) is 5.92 Å². The molecule has 1 aromatic carbocycles. The molecular weight excluding hydrogens is 304 g/mol. The number of rotatable bonds is 10. The molecule has 1 aliphatic rings. The molecule has 1 aliphatic carbocycles. The quantitative estimate of drug-likeness (QED) is 0.642. The predicted molar refractivity (Wildman–Crippen MR) is 88.5 cm³/mol. The smallest absolute Gasteiger partial charge is 0.234 e. The molecular formula is C16H25ClN2O3. The average molecular weight is 329 g/mol. The number of ether oxygens (including phenoxy) is 2. The van der Waals surface area contributed by atoms with Crippen molar-refractivity contribution in [1.29, 1.82) is 0 Å². The Bertz CT molecular complexity index is 436. The van der Waals surface area contributed by atoms with E-state index in [1.165, 1.54) is 12.8 Å². The van der Waals surface area contributed by atoms with Crippen molar-refractivity contribution in [1.82, 2.24) is 10.6 Å². The highest BCUT2D eigenvalue weighted by atomic mass is 35.5. The molecule has 0 radical (unpaired) electrons. The van der Waals surface area contributed by atoms with Crippen molar-refractivity contribution >= 4 is 18.3 Å². The van der Waals surface area contributed by atoms with Gasteiger partial charge in [0.05, 0.1) is 13.2 Å². The van der Waals surface area contributed by atoms with E-state index in [2.05, 4.69) is 10.6 Å². The second-order valence-electron chi connectivity index (χ2n) is 5.34. The predicted octanol–water partition coefficient (Wildman–Crippen LogP) is 1.75. The largest absolute Gasteiger partial charge is 0.491 e. The Kier molecular flexibility index (Phi) is 8.89. The van der Waals surface area contributed by atoms with Crippen molar-refractivity contribution in [2.45, 2.75) is 19.4 Å². The normalized spacial score (nSPS) is 13.3. The number of nitrogens with one attached hydrogen (secondary N) is 2. The van der Waals surface area contributed by atoms with E-state index < -0.39 is 0 Å². The van der Waals surface area contributed by atoms with Crippen LogP contribution in [0.15, 0.2) is 24.3 Å². The molecule has 1 aromatic rings. The number of carbonyl (C=O) groups excluding carboxylic acids is 1. The van der Waals surface area contributed by atoms with Crippen LogP contribution in [0.4, 0.5) is 0 Å². The molecule has 0 aromatic heterocycles. The van der Waals surface area contributed by atoms with E-state index in [4.69, 9.17) is 9.47 Å². The first-order chi connectivity index (χ1) is 10.3. The summed E-state index contributed by atoms with van der Waals surface area (Å²) in [5.41, 5.74) is 1.06. The fraction of sp³-hybridized carbons (Fsp3) is 0.562. The first-order valence-electron chi connectivity index (χ1n) is 7.46. The van der Waals surface area contributed by atoms with Crippen LogP contribution in [0.3, 0.4) is 0 Å². The van der Waals surface area contributed by atoms with Gasteiger partial charge in [0.2, 0.25) is 5.91 Å². The number of amides is 1. The molecule has 0 saturated heterocycles. The summed E-state index contributed by atoms with van der Waals surface area (Å²) in [4.78, 5) is 11.6. The minimum Gasteiger partial charge on any atom is -0.491 e. The van der Waals surface area contributed by atoms with Gasteiger partial charge in [-0.2, -0.15) is 0 Å². The average Bonchev–Trinajstić information content (AvgIpc) is 3.31. The van der Waals surface area contributed by atoms with Gasteiger partial charge in [0, 0.05) is 13.7 Å². The van der Waals surface area contributed by atoms with Crippen LogP contribution in [0.25, 0.3) is 0 Å². The number of hydrogen-bond acceptors (Lipinski definition) is 4. The van der Waals surface area contributed by atoms with Gasteiger partial charge in [-0.1, -0.05) is 12.1 Å². The maximum absolute atomic E-state index is 11.6. The molecule has 2 N–H and O–H groups in total. The zero-order valence-electron chi connectivity index (χ0n) is 13.0. The highest BCUT2D eigenvalue weighted by molar-refractivity contribution is 5.85. The summed E-state index contributed by atoms with van der Waals surface area (Å²) in [7, 11) is 1.65. The van der Waals surface area contributed by atoms with E-state index in [-0.39, 0.29) is 18.3 Å². The molecule has 1 amide bonds. The topological polar surface area (TPSA) is 59.6 Å². The molecule has 0 heterocycles. The van der Waals surface area contributed by atoms with Crippen molar-refractivity contribution in [3.05, 3.63) is 29.8 Å². The second kappa shape index (κ2) is 10.4. The molecule has 2 rings (SSSR count). The van der Waals surface area contributed by atoms with E-state index in [1.807, 2.05) is 24.3 Å². The standard InChI is InChI=1S/C16H24N2O3.ClH/c1-20-8-9-21-15-6-4-14(5-7-15)11-18-16(19)12-17-10-13-2-3-13;/h4-7,13,17H,2-3,8-12H2,1H3,(H,18,19);1H. The van der Waals surface area contributed by atoms with Crippen LogP contribution >= 0.6 is 12.4 Å². The molecule has 22 heavy (non-hydrogen) atoms. The van der Waals surface area contributed by atoms with Crippen LogP contribution < -0.4 is 15.4 Å². The van der Waals surface area contributed by atoms with Gasteiger partial charge in [-0.3, -0.25) is 4.79 Å². The SMILES string of the molecule is COCCOc1ccc(CNC(=O)CNCC2CC2)cc1.Cl. The van der Waals surface area contributed by atoms with Crippen molar-refractivity contribution in [2.75, 3.05) is 33.4 Å². The van der Waals surface area contributed by atoms with Gasteiger partial charge in [0.25, 0.3) is 0 Å². The Morgan fingerprint density at radius 2 is 1.95 bits per heavy atom. The lowest BCUT2D eigenvalue weighted by Crippen LogP contribution is -2.34. The van der Waals surface area contributed by atoms with Gasteiger partial charge in [-0.15, -0.1) is 12.4 Å². The van der Waals surface area contributed by atoms with Gasteiger partial charge < -0.3 is 20.1 Å². The Morgan fingerprint density at radius 3 is 2.59 bits per heavy atom. The molecule has 1 fully saturated rings. The number of hydrogen-bond donors (Lipinski definition) is 2. The third-order valence-electron chi connectivity index (χ3n) is 3.38. The molecule has 0 aliphatic heterocycles. The summed E-state index contributed by atoms with van der Waals surface area (Å²) >= 11 is 0. The maximum Gasteiger partial charge on any atom is 0.234 e. The summed E-state index contributed by atoms with van der Waals surface area (Å²) in [6, 6.07) is 7.73. The van der Waals surface area contributed by atoms with Crippen LogP contribution in [-0.2, 0) is 16.1 Å². The fourth-order valence-corrected chi connectivity index (χ4v) is 1.92. The summed E-state index contributed by atoms with van der Waals surface area (Å²) in [6.07, 6.45) is 2.60. The summed E-state index contributed by atoms with van der Waals surface area (Å²) in [5.74, 6) is 1.65. The van der Waals surface area contributed by atoms with Crippen molar-refractivity contribution in [3.63, 3.8) is 0 Å². The monoisotopic (exact) mass is 328 g/mol. The molecule has 124 valence electrons. The van der Waals surface area contributed by atoms with E-state index in [0.717, 1.165) is 23.8 Å². The first-order valence-corrected chi connectivity index (χ1v) is 7.46. The Hall–Kier alpha value is -1.30. The Balaban J connectivity index is 0.00000242. The lowest BCUT2D eigenvalue weighted by molar-refractivity contribution is -0.120. The van der Waals surface area contributed by atoms with Crippen LogP contribution in [0.5, 0.6) is 5.75 Å². The van der Waals surface area contributed by atoms with Crippen molar-refractivity contribution in [3.8, 4) is 5.75 Å². The molecule has 5 nitrogen and oxygen atoms in total. The van der Waals surface area contributed by atoms with E-state index in [1.54, 1.807) is 7.11 Å². The number of halogens is 1. The van der Waals surface area contributed by atoms with Crippen LogP contribution in [0.2, 0.25) is 0 Å². The molecule has 0 spiro atoms. The van der Waals surface area contributed by atoms with Gasteiger partial charge >= 0.3 is 0 Å². The first kappa shape index (κ1) is 18.7. The molecule has 6 heteroatoms. The van der Waals surface area contributed by atoms with Crippen LogP contribution in [0.1, 0.15) is 18.4 Å². The van der Waals surface area contributed by atoms with E-state index in [0.29, 0.717) is 26.3 Å². The summed E-state index contributed by atoms with van der Waals surface area (Å²) < 4.78 is 10.4. The minimum absolute atomic E-state index is 0. The van der Waals surface area contributed by atoms with Gasteiger partial charge in [-0.05, 0) is 43.0 Å². The number of carbonyl (C=O) groups is 1. The highest BCUT2D eigenvalue weighted by Gasteiger charge is 2.20.